The maximum absolute atomic E-state index is 13.3. The van der Waals surface area contributed by atoms with Gasteiger partial charge in [0.2, 0.25) is 0 Å². The zero-order chi connectivity index (χ0) is 24.8. The van der Waals surface area contributed by atoms with Crippen LogP contribution in [0.2, 0.25) is 0 Å². The number of phenols is 5. The van der Waals surface area contributed by atoms with Crippen molar-refractivity contribution in [1.29, 1.82) is 0 Å². The van der Waals surface area contributed by atoms with Crippen molar-refractivity contribution in [1.82, 2.24) is 4.57 Å². The summed E-state index contributed by atoms with van der Waals surface area (Å²) in [6, 6.07) is 10.5. The number of hydrogen-bond acceptors (Lipinski definition) is 7. The second-order valence-electron chi connectivity index (χ2n) is 9.10. The fraction of sp³-hybridized carbons (Fsp3) is 0.148. The summed E-state index contributed by atoms with van der Waals surface area (Å²) in [7, 11) is 0. The lowest BCUT2D eigenvalue weighted by atomic mass is 9.89. The minimum Gasteiger partial charge on any atom is -0.508 e. The van der Waals surface area contributed by atoms with Gasteiger partial charge in [0.05, 0.1) is 5.69 Å². The van der Waals surface area contributed by atoms with Crippen molar-refractivity contribution < 1.29 is 29.9 Å². The molecule has 35 heavy (non-hydrogen) atoms. The number of hydrogen-bond donors (Lipinski definition) is 5. The summed E-state index contributed by atoms with van der Waals surface area (Å²) in [5, 5.41) is 51.9. The Kier molecular flexibility index (Phi) is 4.17. The molecule has 0 amide bonds. The van der Waals surface area contributed by atoms with Crippen LogP contribution in [0.15, 0.2) is 51.7 Å². The third-order valence-electron chi connectivity index (χ3n) is 6.84. The molecule has 0 fully saturated rings. The summed E-state index contributed by atoms with van der Waals surface area (Å²) in [6.07, 6.45) is 0.492. The molecule has 3 aromatic carbocycles. The summed E-state index contributed by atoms with van der Waals surface area (Å²) in [6.45, 7) is 3.71. The Labute approximate surface area is 198 Å². The smallest absolute Gasteiger partial charge is 0.361 e. The Morgan fingerprint density at radius 3 is 2.31 bits per heavy atom. The van der Waals surface area contributed by atoms with E-state index in [9.17, 15) is 30.3 Å². The number of phenolic OH excluding ortho intramolecular Hbond substituents is 5. The Bertz CT molecular complexity index is 1780. The molecule has 0 radical (unpaired) electrons. The highest BCUT2D eigenvalue weighted by atomic mass is 16.4. The number of nitrogens with zero attached hydrogens (tertiary/aromatic N) is 1. The Balaban J connectivity index is 1.90. The van der Waals surface area contributed by atoms with E-state index in [1.54, 1.807) is 25.1 Å². The lowest BCUT2D eigenvalue weighted by Gasteiger charge is -2.27. The standard InChI is InChI=1S/C27H21NO7/c1-11-5-13(3-4-17(11)29)23-24-16-9-20(32)21(33)10-22(16)35-27(34)26(24)28-12(2)6-14-7-18(30)19(31)8-15(14)25(23)28/h3-5,7-10,12,29-33H,6H2,1-2H3. The first-order valence-electron chi connectivity index (χ1n) is 11.1. The van der Waals surface area contributed by atoms with Crippen molar-refractivity contribution in [3.8, 4) is 51.1 Å². The van der Waals surface area contributed by atoms with Crippen LogP contribution in [0.3, 0.4) is 0 Å². The Morgan fingerprint density at radius 1 is 0.886 bits per heavy atom. The molecule has 3 heterocycles. The fourth-order valence-electron chi connectivity index (χ4n) is 5.25. The van der Waals surface area contributed by atoms with Gasteiger partial charge >= 0.3 is 5.63 Å². The number of benzene rings is 3. The van der Waals surface area contributed by atoms with Crippen molar-refractivity contribution >= 4 is 21.9 Å². The zero-order valence-corrected chi connectivity index (χ0v) is 18.8. The lowest BCUT2D eigenvalue weighted by Crippen LogP contribution is -2.18. The van der Waals surface area contributed by atoms with E-state index in [2.05, 4.69) is 0 Å². The first-order chi connectivity index (χ1) is 16.7. The summed E-state index contributed by atoms with van der Waals surface area (Å²) >= 11 is 0. The molecule has 1 aliphatic heterocycles. The van der Waals surface area contributed by atoms with Crippen LogP contribution in [0.25, 0.3) is 44.3 Å². The molecule has 0 saturated heterocycles. The van der Waals surface area contributed by atoms with Gasteiger partial charge in [0.1, 0.15) is 16.8 Å². The van der Waals surface area contributed by atoms with E-state index in [0.717, 1.165) is 5.56 Å². The highest BCUT2D eigenvalue weighted by Crippen LogP contribution is 2.50. The predicted octanol–water partition coefficient (Wildman–Crippen LogP) is 5.04. The number of aromatic hydroxyl groups is 5. The van der Waals surface area contributed by atoms with Crippen LogP contribution in [0.5, 0.6) is 28.7 Å². The SMILES string of the molecule is Cc1cc(-c2c3n(c4c(=O)oc5cc(O)c(O)cc5c24)C(C)Cc2cc(O)c(O)cc2-3)ccc1O. The van der Waals surface area contributed by atoms with E-state index in [-0.39, 0.29) is 40.1 Å². The first kappa shape index (κ1) is 21.0. The van der Waals surface area contributed by atoms with E-state index in [0.29, 0.717) is 45.1 Å². The molecule has 0 aliphatic carbocycles. The van der Waals surface area contributed by atoms with E-state index >= 15 is 0 Å². The molecule has 1 atom stereocenters. The molecule has 5 N–H and O–H groups in total. The van der Waals surface area contributed by atoms with E-state index < -0.39 is 11.4 Å². The summed E-state index contributed by atoms with van der Waals surface area (Å²) in [5.41, 5.74) is 3.83. The summed E-state index contributed by atoms with van der Waals surface area (Å²) in [5.74, 6) is -1.17. The van der Waals surface area contributed by atoms with Crippen molar-refractivity contribution in [2.45, 2.75) is 26.3 Å². The van der Waals surface area contributed by atoms with Gasteiger partial charge in [0.25, 0.3) is 0 Å². The van der Waals surface area contributed by atoms with E-state index in [1.165, 1.54) is 24.3 Å². The van der Waals surface area contributed by atoms with Crippen LogP contribution in [0, 0.1) is 6.92 Å². The van der Waals surface area contributed by atoms with E-state index in [1.807, 2.05) is 11.5 Å². The average Bonchev–Trinajstić information content (AvgIpc) is 3.16. The molecule has 0 spiro atoms. The van der Waals surface area contributed by atoms with Gasteiger partial charge in [0.15, 0.2) is 23.0 Å². The van der Waals surface area contributed by atoms with E-state index in [4.69, 9.17) is 4.42 Å². The van der Waals surface area contributed by atoms with Gasteiger partial charge in [-0.15, -0.1) is 0 Å². The van der Waals surface area contributed by atoms with Crippen molar-refractivity contribution in [3.05, 3.63) is 64.0 Å². The fourth-order valence-corrected chi connectivity index (χ4v) is 5.25. The molecule has 8 nitrogen and oxygen atoms in total. The van der Waals surface area contributed by atoms with Gasteiger partial charge in [0, 0.05) is 34.0 Å². The van der Waals surface area contributed by atoms with Crippen LogP contribution < -0.4 is 5.63 Å². The highest BCUT2D eigenvalue weighted by molar-refractivity contribution is 6.17. The highest BCUT2D eigenvalue weighted by Gasteiger charge is 2.33. The molecule has 176 valence electrons. The molecule has 0 saturated carbocycles. The third-order valence-corrected chi connectivity index (χ3v) is 6.84. The Morgan fingerprint density at radius 2 is 1.57 bits per heavy atom. The quantitative estimate of drug-likeness (QED) is 0.171. The van der Waals surface area contributed by atoms with Gasteiger partial charge < -0.3 is 34.5 Å². The minimum absolute atomic E-state index is 0.110. The summed E-state index contributed by atoms with van der Waals surface area (Å²) < 4.78 is 7.43. The van der Waals surface area contributed by atoms with Crippen LogP contribution in [0.1, 0.15) is 24.1 Å². The molecule has 2 aromatic heterocycles. The topological polar surface area (TPSA) is 136 Å². The maximum Gasteiger partial charge on any atom is 0.361 e. The third kappa shape index (κ3) is 2.83. The van der Waals surface area contributed by atoms with Gasteiger partial charge in [-0.3, -0.25) is 0 Å². The molecule has 5 aromatic rings. The molecule has 0 bridgehead atoms. The largest absolute Gasteiger partial charge is 0.508 e. The minimum atomic E-state index is -0.612. The van der Waals surface area contributed by atoms with Crippen LogP contribution in [-0.2, 0) is 6.42 Å². The van der Waals surface area contributed by atoms with Gasteiger partial charge in [-0.2, -0.15) is 0 Å². The molecular weight excluding hydrogens is 450 g/mol. The van der Waals surface area contributed by atoms with Crippen LogP contribution >= 0.6 is 0 Å². The van der Waals surface area contributed by atoms with Crippen molar-refractivity contribution in [3.63, 3.8) is 0 Å². The number of rotatable bonds is 1. The normalized spacial score (nSPS) is 14.9. The number of aryl methyl sites for hydroxylation is 1. The summed E-state index contributed by atoms with van der Waals surface area (Å²) in [4.78, 5) is 13.3. The number of fused-ring (bicyclic) bond motifs is 7. The Hall–Kier alpha value is -4.59. The van der Waals surface area contributed by atoms with Crippen LogP contribution in [0.4, 0.5) is 0 Å². The molecule has 6 rings (SSSR count). The maximum atomic E-state index is 13.3. The molecule has 1 unspecified atom stereocenters. The molecule has 1 aliphatic rings. The van der Waals surface area contributed by atoms with Crippen LogP contribution in [-0.4, -0.2) is 30.1 Å². The predicted molar refractivity (Wildman–Crippen MR) is 130 cm³/mol. The van der Waals surface area contributed by atoms with Gasteiger partial charge in [-0.25, -0.2) is 4.79 Å². The average molecular weight is 471 g/mol. The monoisotopic (exact) mass is 471 g/mol. The van der Waals surface area contributed by atoms with Gasteiger partial charge in [-0.05, 0) is 67.3 Å². The first-order valence-corrected chi connectivity index (χ1v) is 11.1. The van der Waals surface area contributed by atoms with Gasteiger partial charge in [-0.1, -0.05) is 6.07 Å². The van der Waals surface area contributed by atoms with Crippen molar-refractivity contribution in [2.75, 3.05) is 0 Å². The number of aromatic nitrogens is 1. The van der Waals surface area contributed by atoms with Crippen molar-refractivity contribution in [2.24, 2.45) is 0 Å². The zero-order valence-electron chi connectivity index (χ0n) is 18.8. The molecule has 8 heteroatoms. The molecular formula is C27H21NO7. The second-order valence-corrected chi connectivity index (χ2v) is 9.10. The second kappa shape index (κ2) is 6.96. The lowest BCUT2D eigenvalue weighted by molar-refractivity contribution is 0.402.